The van der Waals surface area contributed by atoms with Crippen molar-refractivity contribution in [1.29, 1.82) is 0 Å². The molecule has 0 amide bonds. The fraction of sp³-hybridized carbons (Fsp3) is 0.217. The largest absolute Gasteiger partial charge is 0.383 e. The Balaban J connectivity index is 2.01. The second kappa shape index (κ2) is 7.93. The highest BCUT2D eigenvalue weighted by Gasteiger charge is 2.16. The highest BCUT2D eigenvalue weighted by atomic mass is 16.5. The van der Waals surface area contributed by atoms with E-state index in [-0.39, 0.29) is 11.6 Å². The molecule has 0 aliphatic carbocycles. The Kier molecular flexibility index (Phi) is 5.18. The SMILES string of the molecule is COCC(C)n1cnc2c(-c3cccnc3)nc(-c3ccc(C)cc3)cc2c1=O. The van der Waals surface area contributed by atoms with Crippen LogP contribution < -0.4 is 5.56 Å². The van der Waals surface area contributed by atoms with Crippen LogP contribution in [-0.4, -0.2) is 33.2 Å². The molecule has 6 nitrogen and oxygen atoms in total. The van der Waals surface area contributed by atoms with Crippen LogP contribution in [0.1, 0.15) is 18.5 Å². The number of hydrogen-bond donors (Lipinski definition) is 0. The van der Waals surface area contributed by atoms with E-state index in [2.05, 4.69) is 9.97 Å². The molecule has 0 saturated carbocycles. The number of rotatable bonds is 5. The van der Waals surface area contributed by atoms with Gasteiger partial charge in [0.25, 0.3) is 5.56 Å². The maximum atomic E-state index is 13.3. The standard InChI is InChI=1S/C23H22N4O2/c1-15-6-8-17(9-7-15)20-11-19-22(21(26-20)18-5-4-10-24-12-18)25-14-27(23(19)28)16(2)13-29-3/h4-12,14,16H,13H2,1-3H3. The van der Waals surface area contributed by atoms with Crippen molar-refractivity contribution in [2.75, 3.05) is 13.7 Å². The van der Waals surface area contributed by atoms with Crippen LogP contribution in [0.25, 0.3) is 33.4 Å². The maximum absolute atomic E-state index is 13.3. The quantitative estimate of drug-likeness (QED) is 0.518. The Labute approximate surface area is 168 Å². The van der Waals surface area contributed by atoms with Gasteiger partial charge in [0.15, 0.2) is 0 Å². The molecule has 6 heteroatoms. The number of ether oxygens (including phenoxy) is 1. The summed E-state index contributed by atoms with van der Waals surface area (Å²) in [6.07, 6.45) is 5.02. The predicted molar refractivity (Wildman–Crippen MR) is 114 cm³/mol. The molecule has 0 radical (unpaired) electrons. The summed E-state index contributed by atoms with van der Waals surface area (Å²) in [4.78, 5) is 26.9. The van der Waals surface area contributed by atoms with Crippen molar-refractivity contribution in [3.05, 3.63) is 77.1 Å². The Bertz CT molecular complexity index is 1200. The lowest BCUT2D eigenvalue weighted by Gasteiger charge is -2.15. The van der Waals surface area contributed by atoms with Gasteiger partial charge in [0.05, 0.1) is 35.8 Å². The highest BCUT2D eigenvalue weighted by Crippen LogP contribution is 2.28. The summed E-state index contributed by atoms with van der Waals surface area (Å²) in [6, 6.07) is 13.6. The molecule has 1 atom stereocenters. The zero-order valence-electron chi connectivity index (χ0n) is 16.7. The van der Waals surface area contributed by atoms with E-state index in [0.717, 1.165) is 16.8 Å². The minimum absolute atomic E-state index is 0.111. The second-order valence-electron chi connectivity index (χ2n) is 7.12. The molecule has 3 aromatic heterocycles. The molecular formula is C23H22N4O2. The van der Waals surface area contributed by atoms with Crippen LogP contribution in [0.4, 0.5) is 0 Å². The monoisotopic (exact) mass is 386 g/mol. The minimum atomic E-state index is -0.123. The van der Waals surface area contributed by atoms with Crippen molar-refractivity contribution in [1.82, 2.24) is 19.5 Å². The van der Waals surface area contributed by atoms with Gasteiger partial charge in [-0.1, -0.05) is 29.8 Å². The van der Waals surface area contributed by atoms with E-state index in [0.29, 0.717) is 23.2 Å². The van der Waals surface area contributed by atoms with Gasteiger partial charge in [-0.2, -0.15) is 0 Å². The Morgan fingerprint density at radius 3 is 2.62 bits per heavy atom. The molecule has 0 aliphatic rings. The molecular weight excluding hydrogens is 364 g/mol. The van der Waals surface area contributed by atoms with Gasteiger partial charge >= 0.3 is 0 Å². The number of methoxy groups -OCH3 is 1. The Morgan fingerprint density at radius 1 is 1.14 bits per heavy atom. The summed E-state index contributed by atoms with van der Waals surface area (Å²) in [5.74, 6) is 0. The average molecular weight is 386 g/mol. The van der Waals surface area contributed by atoms with Crippen molar-refractivity contribution in [3.8, 4) is 22.5 Å². The first-order valence-corrected chi connectivity index (χ1v) is 9.46. The van der Waals surface area contributed by atoms with E-state index >= 15 is 0 Å². The average Bonchev–Trinajstić information content (AvgIpc) is 2.75. The predicted octanol–water partition coefficient (Wildman–Crippen LogP) is 4.04. The van der Waals surface area contributed by atoms with E-state index in [9.17, 15) is 4.79 Å². The fourth-order valence-corrected chi connectivity index (χ4v) is 3.36. The van der Waals surface area contributed by atoms with Crippen LogP contribution >= 0.6 is 0 Å². The van der Waals surface area contributed by atoms with Gasteiger partial charge in [-0.25, -0.2) is 9.97 Å². The zero-order chi connectivity index (χ0) is 20.4. The molecule has 1 aromatic carbocycles. The number of nitrogens with zero attached hydrogens (tertiary/aromatic N) is 4. The summed E-state index contributed by atoms with van der Waals surface area (Å²) in [7, 11) is 1.62. The molecule has 0 spiro atoms. The Morgan fingerprint density at radius 2 is 1.93 bits per heavy atom. The summed E-state index contributed by atoms with van der Waals surface area (Å²) < 4.78 is 6.82. The number of aromatic nitrogens is 4. The number of pyridine rings is 2. The van der Waals surface area contributed by atoms with Gasteiger partial charge in [0.1, 0.15) is 5.52 Å². The van der Waals surface area contributed by atoms with Crippen molar-refractivity contribution in [2.45, 2.75) is 19.9 Å². The first-order chi connectivity index (χ1) is 14.1. The van der Waals surface area contributed by atoms with Crippen LogP contribution in [0.2, 0.25) is 0 Å². The molecule has 1 unspecified atom stereocenters. The van der Waals surface area contributed by atoms with Gasteiger partial charge in [0.2, 0.25) is 0 Å². The van der Waals surface area contributed by atoms with Crippen LogP contribution in [0.3, 0.4) is 0 Å². The Hall–Kier alpha value is -3.38. The van der Waals surface area contributed by atoms with E-state index in [4.69, 9.17) is 9.72 Å². The topological polar surface area (TPSA) is 69.9 Å². The molecule has 0 fully saturated rings. The second-order valence-corrected chi connectivity index (χ2v) is 7.12. The van der Waals surface area contributed by atoms with Gasteiger partial charge in [-0.15, -0.1) is 0 Å². The molecule has 0 bridgehead atoms. The van der Waals surface area contributed by atoms with Crippen LogP contribution in [0.15, 0.2) is 66.0 Å². The normalized spacial score (nSPS) is 12.2. The number of aryl methyl sites for hydroxylation is 1. The third-order valence-corrected chi connectivity index (χ3v) is 4.93. The lowest BCUT2D eigenvalue weighted by molar-refractivity contribution is 0.160. The lowest BCUT2D eigenvalue weighted by Crippen LogP contribution is -2.26. The third kappa shape index (κ3) is 3.67. The molecule has 4 rings (SSSR count). The van der Waals surface area contributed by atoms with Crippen molar-refractivity contribution < 1.29 is 4.74 Å². The van der Waals surface area contributed by atoms with Crippen molar-refractivity contribution in [3.63, 3.8) is 0 Å². The van der Waals surface area contributed by atoms with E-state index in [1.54, 1.807) is 30.4 Å². The van der Waals surface area contributed by atoms with Gasteiger partial charge in [0, 0.05) is 30.6 Å². The molecule has 0 N–H and O–H groups in total. The van der Waals surface area contributed by atoms with Gasteiger partial charge in [-0.3, -0.25) is 14.3 Å². The smallest absolute Gasteiger partial charge is 0.261 e. The first kappa shape index (κ1) is 19.0. The molecule has 0 aliphatic heterocycles. The summed E-state index contributed by atoms with van der Waals surface area (Å²) >= 11 is 0. The van der Waals surface area contributed by atoms with Gasteiger partial charge in [-0.05, 0) is 32.0 Å². The van der Waals surface area contributed by atoms with E-state index < -0.39 is 0 Å². The lowest BCUT2D eigenvalue weighted by atomic mass is 10.0. The fourth-order valence-electron chi connectivity index (χ4n) is 3.36. The van der Waals surface area contributed by atoms with Crippen LogP contribution in [-0.2, 0) is 4.74 Å². The summed E-state index contributed by atoms with van der Waals surface area (Å²) in [5, 5.41) is 0.528. The molecule has 3 heterocycles. The van der Waals surface area contributed by atoms with Crippen LogP contribution in [0.5, 0.6) is 0 Å². The number of hydrogen-bond acceptors (Lipinski definition) is 5. The van der Waals surface area contributed by atoms with Gasteiger partial charge < -0.3 is 4.74 Å². The highest BCUT2D eigenvalue weighted by molar-refractivity contribution is 5.93. The first-order valence-electron chi connectivity index (χ1n) is 9.46. The molecule has 4 aromatic rings. The van der Waals surface area contributed by atoms with Crippen molar-refractivity contribution >= 4 is 10.9 Å². The molecule has 146 valence electrons. The number of benzene rings is 1. The maximum Gasteiger partial charge on any atom is 0.261 e. The summed E-state index contributed by atoms with van der Waals surface area (Å²) in [5.41, 5.74) is 4.77. The molecule has 29 heavy (non-hydrogen) atoms. The third-order valence-electron chi connectivity index (χ3n) is 4.93. The minimum Gasteiger partial charge on any atom is -0.383 e. The zero-order valence-corrected chi connectivity index (χ0v) is 16.7. The van der Waals surface area contributed by atoms with Crippen molar-refractivity contribution in [2.24, 2.45) is 0 Å². The van der Waals surface area contributed by atoms with E-state index in [1.165, 1.54) is 5.56 Å². The summed E-state index contributed by atoms with van der Waals surface area (Å²) in [6.45, 7) is 4.40. The van der Waals surface area contributed by atoms with E-state index in [1.807, 2.05) is 56.3 Å². The number of fused-ring (bicyclic) bond motifs is 1. The molecule has 0 saturated heterocycles. The van der Waals surface area contributed by atoms with Crippen LogP contribution in [0, 0.1) is 6.92 Å².